The number of hydrogen-bond acceptors (Lipinski definition) is 8. The molecule has 4 heterocycles. The van der Waals surface area contributed by atoms with Gasteiger partial charge in [0.2, 0.25) is 15.9 Å². The zero-order valence-corrected chi connectivity index (χ0v) is 22.1. The van der Waals surface area contributed by atoms with Gasteiger partial charge in [0, 0.05) is 50.1 Å². The van der Waals surface area contributed by atoms with Crippen molar-refractivity contribution in [2.24, 2.45) is 0 Å². The molecule has 0 unspecified atom stereocenters. The molecule has 1 amide bonds. The van der Waals surface area contributed by atoms with E-state index < -0.39 is 15.4 Å². The Balaban J connectivity index is 1.15. The summed E-state index contributed by atoms with van der Waals surface area (Å²) in [4.78, 5) is 20.7. The van der Waals surface area contributed by atoms with Gasteiger partial charge in [-0.1, -0.05) is 0 Å². The summed E-state index contributed by atoms with van der Waals surface area (Å²) in [5, 5.41) is 6.34. The molecule has 0 bridgehead atoms. The van der Waals surface area contributed by atoms with E-state index in [0.29, 0.717) is 63.4 Å². The van der Waals surface area contributed by atoms with Crippen LogP contribution >= 0.6 is 11.3 Å². The second-order valence-electron chi connectivity index (χ2n) is 10.2. The normalized spacial score (nSPS) is 21.6. The molecule has 0 spiro atoms. The molecule has 3 aliphatic heterocycles. The Bertz CT molecular complexity index is 1330. The van der Waals surface area contributed by atoms with Crippen molar-refractivity contribution < 1.29 is 22.7 Å². The summed E-state index contributed by atoms with van der Waals surface area (Å²) in [5.74, 6) is 1.59. The fourth-order valence-electron chi connectivity index (χ4n) is 5.23. The molecule has 9 nitrogen and oxygen atoms in total. The highest BCUT2D eigenvalue weighted by Crippen LogP contribution is 2.43. The third kappa shape index (κ3) is 4.02. The van der Waals surface area contributed by atoms with Crippen molar-refractivity contribution in [3.8, 4) is 11.5 Å². The number of aromatic nitrogens is 1. The maximum atomic E-state index is 13.8. The standard InChI is InChI=1S/C25H30N4O5S2/c1-25(15-26-2,22-14-35-23(27-22)16-3-4-16)24(30)28-10-17-12-29(13-18(17)11-28)36(31,32)19-5-6-20-21(9-19)34-8-7-33-20/h5-6,9,14,16,26H,3-4,7-8,10-13,15H2,1-2H3/t25-/m1/s1. The van der Waals surface area contributed by atoms with Crippen LogP contribution in [0, 0.1) is 0 Å². The number of rotatable bonds is 7. The lowest BCUT2D eigenvalue weighted by atomic mass is 9.85. The number of likely N-dealkylation sites (N-methyl/N-ethyl adjacent to an activating group) is 1. The fraction of sp³-hybridized carbons (Fsp3) is 0.520. The Morgan fingerprint density at radius 3 is 2.50 bits per heavy atom. The molecule has 1 aliphatic carbocycles. The van der Waals surface area contributed by atoms with Crippen LogP contribution < -0.4 is 14.8 Å². The first-order chi connectivity index (χ1) is 17.3. The topological polar surface area (TPSA) is 101 Å². The van der Waals surface area contributed by atoms with Gasteiger partial charge in [0.15, 0.2) is 11.5 Å². The number of sulfonamides is 1. The van der Waals surface area contributed by atoms with Crippen LogP contribution in [-0.4, -0.2) is 81.5 Å². The smallest absolute Gasteiger partial charge is 0.243 e. The number of amides is 1. The number of carbonyl (C=O) groups excluding carboxylic acids is 1. The average molecular weight is 531 g/mol. The Hall–Kier alpha value is -2.47. The molecule has 4 aliphatic rings. The van der Waals surface area contributed by atoms with Crippen LogP contribution in [0.3, 0.4) is 0 Å². The number of hydrogen-bond donors (Lipinski definition) is 1. The van der Waals surface area contributed by atoms with Crippen molar-refractivity contribution in [2.45, 2.75) is 36.0 Å². The second kappa shape index (κ2) is 8.83. The van der Waals surface area contributed by atoms with Crippen LogP contribution in [0.1, 0.15) is 36.4 Å². The lowest BCUT2D eigenvalue weighted by molar-refractivity contribution is -0.135. The predicted molar refractivity (Wildman–Crippen MR) is 135 cm³/mol. The monoisotopic (exact) mass is 530 g/mol. The summed E-state index contributed by atoms with van der Waals surface area (Å²) in [6.45, 7) is 4.78. The van der Waals surface area contributed by atoms with Gasteiger partial charge in [-0.3, -0.25) is 4.79 Å². The second-order valence-corrected chi connectivity index (χ2v) is 13.0. The van der Waals surface area contributed by atoms with E-state index in [1.165, 1.54) is 23.2 Å². The Morgan fingerprint density at radius 1 is 1.14 bits per heavy atom. The van der Waals surface area contributed by atoms with Gasteiger partial charge in [-0.2, -0.15) is 4.31 Å². The van der Waals surface area contributed by atoms with Crippen molar-refractivity contribution >= 4 is 27.3 Å². The van der Waals surface area contributed by atoms with E-state index in [1.807, 2.05) is 24.3 Å². The Labute approximate surface area is 215 Å². The molecule has 1 N–H and O–H groups in total. The van der Waals surface area contributed by atoms with E-state index in [4.69, 9.17) is 14.5 Å². The molecule has 0 radical (unpaired) electrons. The van der Waals surface area contributed by atoms with Crippen molar-refractivity contribution in [3.05, 3.63) is 45.4 Å². The van der Waals surface area contributed by atoms with E-state index in [9.17, 15) is 13.2 Å². The minimum Gasteiger partial charge on any atom is -0.486 e. The van der Waals surface area contributed by atoms with Crippen LogP contribution in [0.4, 0.5) is 0 Å². The number of nitrogens with one attached hydrogen (secondary N) is 1. The molecule has 1 atom stereocenters. The van der Waals surface area contributed by atoms with E-state index >= 15 is 0 Å². The van der Waals surface area contributed by atoms with Crippen molar-refractivity contribution in [1.29, 1.82) is 0 Å². The van der Waals surface area contributed by atoms with E-state index in [0.717, 1.165) is 21.8 Å². The SMILES string of the molecule is CNC[C@@](C)(C(=O)N1CC2=C(C1)CN(S(=O)(=O)c1ccc3c(c1)OCCO3)C2)c1csc(C2CC2)n1. The maximum Gasteiger partial charge on any atom is 0.243 e. The molecule has 1 aromatic heterocycles. The summed E-state index contributed by atoms with van der Waals surface area (Å²) in [6.07, 6.45) is 2.36. The summed E-state index contributed by atoms with van der Waals surface area (Å²) >= 11 is 1.65. The highest BCUT2D eigenvalue weighted by molar-refractivity contribution is 7.89. The Kier molecular flexibility index (Phi) is 5.86. The van der Waals surface area contributed by atoms with Gasteiger partial charge in [-0.25, -0.2) is 13.4 Å². The van der Waals surface area contributed by atoms with Gasteiger partial charge in [0.25, 0.3) is 0 Å². The van der Waals surface area contributed by atoms with Gasteiger partial charge in [-0.15, -0.1) is 11.3 Å². The number of ether oxygens (including phenoxy) is 2. The van der Waals surface area contributed by atoms with Crippen molar-refractivity contribution in [3.63, 3.8) is 0 Å². The van der Waals surface area contributed by atoms with E-state index in [-0.39, 0.29) is 10.8 Å². The van der Waals surface area contributed by atoms with Gasteiger partial charge in [-0.05, 0) is 50.1 Å². The number of fused-ring (bicyclic) bond motifs is 1. The summed E-state index contributed by atoms with van der Waals surface area (Å²) in [5.41, 5.74) is 2.07. The minimum atomic E-state index is -3.70. The molecule has 2 aromatic rings. The molecular formula is C25H30N4O5S2. The number of benzene rings is 1. The molecule has 1 fully saturated rings. The summed E-state index contributed by atoms with van der Waals surface area (Å²) in [7, 11) is -1.85. The largest absolute Gasteiger partial charge is 0.486 e. The van der Waals surface area contributed by atoms with Gasteiger partial charge in [0.1, 0.15) is 18.6 Å². The first kappa shape index (κ1) is 23.9. The van der Waals surface area contributed by atoms with Gasteiger partial charge >= 0.3 is 0 Å². The fourth-order valence-corrected chi connectivity index (χ4v) is 7.80. The first-order valence-electron chi connectivity index (χ1n) is 12.3. The van der Waals surface area contributed by atoms with Crippen molar-refractivity contribution in [2.75, 3.05) is 53.0 Å². The molecular weight excluding hydrogens is 500 g/mol. The minimum absolute atomic E-state index is 0.0279. The zero-order valence-electron chi connectivity index (χ0n) is 20.5. The Morgan fingerprint density at radius 2 is 1.83 bits per heavy atom. The third-order valence-corrected chi connectivity index (χ3v) is 10.2. The lowest BCUT2D eigenvalue weighted by Crippen LogP contribution is -2.50. The van der Waals surface area contributed by atoms with Gasteiger partial charge in [0.05, 0.1) is 15.6 Å². The quantitative estimate of drug-likeness (QED) is 0.547. The van der Waals surface area contributed by atoms with Crippen LogP contribution in [0.5, 0.6) is 11.5 Å². The molecule has 1 saturated carbocycles. The highest BCUT2D eigenvalue weighted by Gasteiger charge is 2.45. The molecule has 6 rings (SSSR count). The van der Waals surface area contributed by atoms with E-state index in [2.05, 4.69) is 5.32 Å². The predicted octanol–water partition coefficient (Wildman–Crippen LogP) is 2.11. The van der Waals surface area contributed by atoms with Gasteiger partial charge < -0.3 is 19.7 Å². The van der Waals surface area contributed by atoms with Crippen LogP contribution in [0.15, 0.2) is 39.6 Å². The number of carbonyl (C=O) groups is 1. The lowest BCUT2D eigenvalue weighted by Gasteiger charge is -2.32. The van der Waals surface area contributed by atoms with Crippen LogP contribution in [0.25, 0.3) is 0 Å². The summed E-state index contributed by atoms with van der Waals surface area (Å²) < 4.78 is 39.3. The van der Waals surface area contributed by atoms with E-state index in [1.54, 1.807) is 23.5 Å². The molecule has 192 valence electrons. The van der Waals surface area contributed by atoms with Crippen LogP contribution in [0.2, 0.25) is 0 Å². The third-order valence-electron chi connectivity index (χ3n) is 7.45. The van der Waals surface area contributed by atoms with Crippen LogP contribution in [-0.2, 0) is 20.2 Å². The molecule has 1 aromatic carbocycles. The molecule has 36 heavy (non-hydrogen) atoms. The number of thiazole rings is 1. The number of nitrogens with zero attached hydrogens (tertiary/aromatic N) is 3. The highest BCUT2D eigenvalue weighted by atomic mass is 32.2. The first-order valence-corrected chi connectivity index (χ1v) is 14.6. The zero-order chi connectivity index (χ0) is 25.1. The summed E-state index contributed by atoms with van der Waals surface area (Å²) in [6, 6.07) is 4.75. The average Bonchev–Trinajstić information content (AvgIpc) is 3.27. The molecule has 11 heteroatoms. The maximum absolute atomic E-state index is 13.8. The van der Waals surface area contributed by atoms with Crippen molar-refractivity contribution in [1.82, 2.24) is 19.5 Å². The molecule has 0 saturated heterocycles.